The van der Waals surface area contributed by atoms with Gasteiger partial charge in [-0.3, -0.25) is 0 Å². The molecule has 0 saturated carbocycles. The molecular weight excluding hydrogens is 322 g/mol. The standard InChI is InChI=1S/C18H23N3O2S/c1-13-4-6-18(7-5-13)21-14(2)10-16(15(21)3)11-19-20-17-8-9-24(22,23)12-17/h4-7,10-11,17,20H,8-9,12H2,1-3H3/b19-11-/t17-/m1/s1. The molecular formula is C18H23N3O2S. The Morgan fingerprint density at radius 1 is 1.21 bits per heavy atom. The molecule has 6 heteroatoms. The van der Waals surface area contributed by atoms with Crippen LogP contribution >= 0.6 is 0 Å². The third-order valence-electron chi connectivity index (χ3n) is 4.46. The van der Waals surface area contributed by atoms with E-state index in [1.165, 1.54) is 5.56 Å². The first kappa shape index (κ1) is 16.8. The van der Waals surface area contributed by atoms with Crippen molar-refractivity contribution in [3.8, 4) is 5.69 Å². The molecule has 5 nitrogen and oxygen atoms in total. The summed E-state index contributed by atoms with van der Waals surface area (Å²) in [6.07, 6.45) is 2.40. The molecule has 3 rings (SSSR count). The first-order valence-corrected chi connectivity index (χ1v) is 9.93. The molecule has 2 aromatic rings. The minimum Gasteiger partial charge on any atom is -0.318 e. The van der Waals surface area contributed by atoms with Crippen LogP contribution in [-0.2, 0) is 9.84 Å². The fourth-order valence-electron chi connectivity index (χ4n) is 3.12. The zero-order valence-electron chi connectivity index (χ0n) is 14.3. The molecule has 1 aliphatic heterocycles. The highest BCUT2D eigenvalue weighted by Gasteiger charge is 2.27. The predicted molar refractivity (Wildman–Crippen MR) is 97.8 cm³/mol. The lowest BCUT2D eigenvalue weighted by Crippen LogP contribution is -2.25. The van der Waals surface area contributed by atoms with E-state index in [4.69, 9.17) is 0 Å². The van der Waals surface area contributed by atoms with Crippen LogP contribution in [0.15, 0.2) is 35.4 Å². The van der Waals surface area contributed by atoms with Crippen molar-refractivity contribution in [1.82, 2.24) is 9.99 Å². The van der Waals surface area contributed by atoms with Crippen LogP contribution < -0.4 is 5.43 Å². The van der Waals surface area contributed by atoms with E-state index in [1.54, 1.807) is 6.21 Å². The van der Waals surface area contributed by atoms with Crippen LogP contribution in [0.3, 0.4) is 0 Å². The van der Waals surface area contributed by atoms with Crippen LogP contribution in [0.25, 0.3) is 5.69 Å². The Morgan fingerprint density at radius 2 is 1.92 bits per heavy atom. The number of aromatic nitrogens is 1. The van der Waals surface area contributed by atoms with Gasteiger partial charge in [-0.15, -0.1) is 0 Å². The number of rotatable bonds is 4. The van der Waals surface area contributed by atoms with Crippen LogP contribution in [0.2, 0.25) is 0 Å². The Morgan fingerprint density at radius 3 is 2.54 bits per heavy atom. The molecule has 0 unspecified atom stereocenters. The van der Waals surface area contributed by atoms with Crippen molar-refractivity contribution in [2.45, 2.75) is 33.2 Å². The van der Waals surface area contributed by atoms with Gasteiger partial charge in [0.15, 0.2) is 9.84 Å². The molecule has 2 heterocycles. The van der Waals surface area contributed by atoms with E-state index in [2.05, 4.69) is 66.2 Å². The monoisotopic (exact) mass is 345 g/mol. The van der Waals surface area contributed by atoms with Crippen molar-refractivity contribution < 1.29 is 8.42 Å². The van der Waals surface area contributed by atoms with Gasteiger partial charge in [0.1, 0.15) is 0 Å². The normalized spacial score (nSPS) is 19.9. The summed E-state index contributed by atoms with van der Waals surface area (Å²) < 4.78 is 25.1. The molecule has 1 saturated heterocycles. The Labute approximate surface area is 143 Å². The molecule has 0 radical (unpaired) electrons. The van der Waals surface area contributed by atoms with Gasteiger partial charge in [-0.25, -0.2) is 8.42 Å². The number of nitrogens with zero attached hydrogens (tertiary/aromatic N) is 2. The molecule has 1 aliphatic rings. The summed E-state index contributed by atoms with van der Waals surface area (Å²) in [5.74, 6) is 0.425. The number of hydrazone groups is 1. The second kappa shape index (κ2) is 6.43. The van der Waals surface area contributed by atoms with Crippen molar-refractivity contribution in [3.63, 3.8) is 0 Å². The number of benzene rings is 1. The van der Waals surface area contributed by atoms with Gasteiger partial charge in [-0.1, -0.05) is 17.7 Å². The van der Waals surface area contributed by atoms with Gasteiger partial charge >= 0.3 is 0 Å². The second-order valence-electron chi connectivity index (χ2n) is 6.48. The zero-order valence-corrected chi connectivity index (χ0v) is 15.1. The average Bonchev–Trinajstić information content (AvgIpc) is 3.00. The van der Waals surface area contributed by atoms with E-state index >= 15 is 0 Å². The Balaban J connectivity index is 1.77. The molecule has 0 amide bonds. The first-order chi connectivity index (χ1) is 11.4. The summed E-state index contributed by atoms with van der Waals surface area (Å²) in [4.78, 5) is 0. The molecule has 0 bridgehead atoms. The van der Waals surface area contributed by atoms with Crippen LogP contribution in [-0.4, -0.2) is 36.7 Å². The van der Waals surface area contributed by atoms with Crippen LogP contribution in [0.5, 0.6) is 0 Å². The summed E-state index contributed by atoms with van der Waals surface area (Å²) in [7, 11) is -2.88. The predicted octanol–water partition coefficient (Wildman–Crippen LogP) is 2.51. The SMILES string of the molecule is Cc1ccc(-n2c(C)cc(/C=N\N[C@@H]3CCS(=O)(=O)C3)c2C)cc1. The third-order valence-corrected chi connectivity index (χ3v) is 6.22. The van der Waals surface area contributed by atoms with Crippen molar-refractivity contribution in [3.05, 3.63) is 52.8 Å². The number of sulfone groups is 1. The topological polar surface area (TPSA) is 63.5 Å². The Hall–Kier alpha value is -2.08. The molecule has 1 atom stereocenters. The van der Waals surface area contributed by atoms with E-state index in [0.29, 0.717) is 6.42 Å². The van der Waals surface area contributed by atoms with Crippen molar-refractivity contribution >= 4 is 16.1 Å². The molecule has 1 N–H and O–H groups in total. The first-order valence-electron chi connectivity index (χ1n) is 8.11. The van der Waals surface area contributed by atoms with Gasteiger partial charge < -0.3 is 9.99 Å². The molecule has 128 valence electrons. The van der Waals surface area contributed by atoms with Gasteiger partial charge in [0.25, 0.3) is 0 Å². The zero-order chi connectivity index (χ0) is 17.3. The number of hydrogen-bond donors (Lipinski definition) is 1. The lowest BCUT2D eigenvalue weighted by atomic mass is 10.2. The number of hydrogen-bond acceptors (Lipinski definition) is 4. The van der Waals surface area contributed by atoms with Crippen LogP contribution in [0.4, 0.5) is 0 Å². The third kappa shape index (κ3) is 3.53. The lowest BCUT2D eigenvalue weighted by molar-refractivity contribution is 0.578. The minimum atomic E-state index is -2.88. The van der Waals surface area contributed by atoms with Gasteiger partial charge in [-0.05, 0) is 45.4 Å². The van der Waals surface area contributed by atoms with E-state index in [9.17, 15) is 8.42 Å². The largest absolute Gasteiger partial charge is 0.318 e. The molecule has 1 aromatic heterocycles. The van der Waals surface area contributed by atoms with Gasteiger partial charge in [0, 0.05) is 22.6 Å². The van der Waals surface area contributed by atoms with Crippen molar-refractivity contribution in [2.75, 3.05) is 11.5 Å². The highest BCUT2D eigenvalue weighted by atomic mass is 32.2. The summed E-state index contributed by atoms with van der Waals surface area (Å²) in [5, 5.41) is 4.26. The van der Waals surface area contributed by atoms with Gasteiger partial charge in [-0.2, -0.15) is 5.10 Å². The van der Waals surface area contributed by atoms with Crippen LogP contribution in [0, 0.1) is 20.8 Å². The fourth-order valence-corrected chi connectivity index (χ4v) is 4.78. The van der Waals surface area contributed by atoms with Gasteiger partial charge in [0.05, 0.1) is 23.8 Å². The van der Waals surface area contributed by atoms with Gasteiger partial charge in [0.2, 0.25) is 0 Å². The summed E-state index contributed by atoms with van der Waals surface area (Å²) in [5.41, 5.74) is 8.62. The maximum absolute atomic E-state index is 11.5. The average molecular weight is 345 g/mol. The second-order valence-corrected chi connectivity index (χ2v) is 8.71. The van der Waals surface area contributed by atoms with Crippen molar-refractivity contribution in [2.24, 2.45) is 5.10 Å². The summed E-state index contributed by atoms with van der Waals surface area (Å²) in [6, 6.07) is 10.4. The quantitative estimate of drug-likeness (QED) is 0.684. The minimum absolute atomic E-state index is 0.0770. The molecule has 1 fully saturated rings. The van der Waals surface area contributed by atoms with Crippen molar-refractivity contribution in [1.29, 1.82) is 0 Å². The maximum Gasteiger partial charge on any atom is 0.152 e. The maximum atomic E-state index is 11.5. The van der Waals surface area contributed by atoms with E-state index in [-0.39, 0.29) is 17.5 Å². The highest BCUT2D eigenvalue weighted by Crippen LogP contribution is 2.20. The smallest absolute Gasteiger partial charge is 0.152 e. The fraction of sp³-hybridized carbons (Fsp3) is 0.389. The lowest BCUT2D eigenvalue weighted by Gasteiger charge is -2.10. The molecule has 24 heavy (non-hydrogen) atoms. The van der Waals surface area contributed by atoms with E-state index in [0.717, 1.165) is 22.6 Å². The Bertz CT molecular complexity index is 864. The number of aryl methyl sites for hydroxylation is 2. The van der Waals surface area contributed by atoms with Crippen LogP contribution in [0.1, 0.15) is 28.9 Å². The van der Waals surface area contributed by atoms with E-state index in [1.807, 2.05) is 0 Å². The summed E-state index contributed by atoms with van der Waals surface area (Å²) >= 11 is 0. The Kier molecular flexibility index (Phi) is 4.49. The van der Waals surface area contributed by atoms with E-state index < -0.39 is 9.84 Å². The molecule has 1 aromatic carbocycles. The molecule has 0 spiro atoms. The number of nitrogens with one attached hydrogen (secondary N) is 1. The highest BCUT2D eigenvalue weighted by molar-refractivity contribution is 7.91. The summed E-state index contributed by atoms with van der Waals surface area (Å²) in [6.45, 7) is 6.21. The molecule has 0 aliphatic carbocycles.